The smallest absolute Gasteiger partial charge is 0.0669 e. The SMILES string of the molecule is CCc1nn(C)c(CC)c1CN1CCN(CCO)CC1C. The van der Waals surface area contributed by atoms with Crippen LogP contribution in [0.5, 0.6) is 0 Å². The predicted octanol–water partition coefficient (Wildman–Crippen LogP) is 1.04. The molecule has 1 aliphatic rings. The number of hydrogen-bond donors (Lipinski definition) is 1. The Labute approximate surface area is 128 Å². The van der Waals surface area contributed by atoms with E-state index in [9.17, 15) is 0 Å². The Morgan fingerprint density at radius 2 is 2.00 bits per heavy atom. The summed E-state index contributed by atoms with van der Waals surface area (Å²) in [6.07, 6.45) is 2.04. The molecule has 0 saturated carbocycles. The quantitative estimate of drug-likeness (QED) is 0.851. The van der Waals surface area contributed by atoms with Gasteiger partial charge in [0.25, 0.3) is 0 Å². The van der Waals surface area contributed by atoms with Crippen LogP contribution >= 0.6 is 0 Å². The summed E-state index contributed by atoms with van der Waals surface area (Å²) in [5, 5.41) is 13.8. The van der Waals surface area contributed by atoms with Gasteiger partial charge < -0.3 is 5.11 Å². The summed E-state index contributed by atoms with van der Waals surface area (Å²) in [6.45, 7) is 11.9. The molecule has 2 rings (SSSR count). The molecule has 120 valence electrons. The van der Waals surface area contributed by atoms with Gasteiger partial charge in [0.15, 0.2) is 0 Å². The number of piperazine rings is 1. The Morgan fingerprint density at radius 1 is 1.24 bits per heavy atom. The zero-order valence-corrected chi connectivity index (χ0v) is 14.0. The highest BCUT2D eigenvalue weighted by Crippen LogP contribution is 2.20. The van der Waals surface area contributed by atoms with Crippen LogP contribution in [0.3, 0.4) is 0 Å². The van der Waals surface area contributed by atoms with Crippen molar-refractivity contribution in [2.75, 3.05) is 32.8 Å². The third-order valence-electron chi connectivity index (χ3n) is 4.65. The molecule has 1 atom stereocenters. The van der Waals surface area contributed by atoms with Gasteiger partial charge in [-0.1, -0.05) is 13.8 Å². The standard InChI is InChI=1S/C16H30N4O/c1-5-15-14(16(6-2)18(4)17-15)12-20-8-7-19(9-10-21)11-13(20)3/h13,21H,5-12H2,1-4H3. The zero-order valence-electron chi connectivity index (χ0n) is 14.0. The van der Waals surface area contributed by atoms with Crippen LogP contribution in [-0.2, 0) is 26.4 Å². The fourth-order valence-electron chi connectivity index (χ4n) is 3.43. The average molecular weight is 294 g/mol. The maximum atomic E-state index is 9.08. The summed E-state index contributed by atoms with van der Waals surface area (Å²) >= 11 is 0. The van der Waals surface area contributed by atoms with Crippen molar-refractivity contribution < 1.29 is 5.11 Å². The van der Waals surface area contributed by atoms with Gasteiger partial charge in [0.2, 0.25) is 0 Å². The van der Waals surface area contributed by atoms with Crippen LogP contribution in [0, 0.1) is 0 Å². The lowest BCUT2D eigenvalue weighted by Crippen LogP contribution is -2.52. The number of aliphatic hydroxyl groups is 1. The summed E-state index contributed by atoms with van der Waals surface area (Å²) < 4.78 is 2.06. The zero-order chi connectivity index (χ0) is 15.4. The van der Waals surface area contributed by atoms with Crippen molar-refractivity contribution in [1.82, 2.24) is 19.6 Å². The molecule has 0 radical (unpaired) electrons. The van der Waals surface area contributed by atoms with Crippen LogP contribution in [0.25, 0.3) is 0 Å². The molecule has 1 aliphatic heterocycles. The number of β-amino-alcohol motifs (C(OH)–C–C–N with tert-alkyl or cyclic N) is 1. The van der Waals surface area contributed by atoms with E-state index in [1.165, 1.54) is 17.0 Å². The van der Waals surface area contributed by atoms with Crippen molar-refractivity contribution >= 4 is 0 Å². The molecule has 0 bridgehead atoms. The molecule has 0 spiro atoms. The third-order valence-corrected chi connectivity index (χ3v) is 4.65. The maximum absolute atomic E-state index is 9.08. The summed E-state index contributed by atoms with van der Waals surface area (Å²) in [6, 6.07) is 0.528. The molecule has 1 fully saturated rings. The molecular weight excluding hydrogens is 264 g/mol. The molecule has 0 aliphatic carbocycles. The van der Waals surface area contributed by atoms with Crippen molar-refractivity contribution in [1.29, 1.82) is 0 Å². The number of rotatable bonds is 6. The Hall–Kier alpha value is -0.910. The minimum Gasteiger partial charge on any atom is -0.395 e. The van der Waals surface area contributed by atoms with E-state index in [1.807, 2.05) is 0 Å². The van der Waals surface area contributed by atoms with E-state index >= 15 is 0 Å². The Morgan fingerprint density at radius 3 is 2.57 bits per heavy atom. The monoisotopic (exact) mass is 294 g/mol. The van der Waals surface area contributed by atoms with E-state index in [4.69, 9.17) is 5.11 Å². The van der Waals surface area contributed by atoms with E-state index in [1.54, 1.807) is 0 Å². The first-order valence-electron chi connectivity index (χ1n) is 8.21. The van der Waals surface area contributed by atoms with Crippen molar-refractivity contribution in [3.05, 3.63) is 17.0 Å². The number of aromatic nitrogens is 2. The van der Waals surface area contributed by atoms with Gasteiger partial charge in [0, 0.05) is 57.1 Å². The van der Waals surface area contributed by atoms with Crippen LogP contribution in [-0.4, -0.2) is 63.5 Å². The number of nitrogens with zero attached hydrogens (tertiary/aromatic N) is 4. The van der Waals surface area contributed by atoms with E-state index < -0.39 is 0 Å². The number of aryl methyl sites for hydroxylation is 2. The Balaban J connectivity index is 2.08. The van der Waals surface area contributed by atoms with E-state index in [2.05, 4.69) is 47.4 Å². The van der Waals surface area contributed by atoms with Crippen LogP contribution in [0.4, 0.5) is 0 Å². The Kier molecular flexibility index (Phi) is 5.79. The largest absolute Gasteiger partial charge is 0.395 e. The summed E-state index contributed by atoms with van der Waals surface area (Å²) in [5.74, 6) is 0. The lowest BCUT2D eigenvalue weighted by atomic mass is 10.1. The second-order valence-electron chi connectivity index (χ2n) is 6.05. The number of hydrogen-bond acceptors (Lipinski definition) is 4. The first-order valence-corrected chi connectivity index (χ1v) is 8.21. The molecule has 1 N–H and O–H groups in total. The second-order valence-corrected chi connectivity index (χ2v) is 6.05. The third kappa shape index (κ3) is 3.65. The van der Waals surface area contributed by atoms with E-state index in [0.717, 1.165) is 45.6 Å². The normalized spacial score (nSPS) is 21.1. The van der Waals surface area contributed by atoms with Crippen LogP contribution in [0.15, 0.2) is 0 Å². The van der Waals surface area contributed by atoms with Gasteiger partial charge >= 0.3 is 0 Å². The average Bonchev–Trinajstić information content (AvgIpc) is 2.77. The maximum Gasteiger partial charge on any atom is 0.0669 e. The fraction of sp³-hybridized carbons (Fsp3) is 0.812. The van der Waals surface area contributed by atoms with Gasteiger partial charge in [-0.15, -0.1) is 0 Å². The lowest BCUT2D eigenvalue weighted by Gasteiger charge is -2.39. The van der Waals surface area contributed by atoms with Gasteiger partial charge in [0.1, 0.15) is 0 Å². The summed E-state index contributed by atoms with van der Waals surface area (Å²) in [4.78, 5) is 4.91. The molecule has 5 heteroatoms. The first-order chi connectivity index (χ1) is 10.1. The van der Waals surface area contributed by atoms with Gasteiger partial charge in [-0.3, -0.25) is 14.5 Å². The molecule has 5 nitrogen and oxygen atoms in total. The van der Waals surface area contributed by atoms with Crippen LogP contribution in [0.1, 0.15) is 37.7 Å². The molecule has 1 saturated heterocycles. The Bertz CT molecular complexity index is 457. The molecule has 1 aromatic heterocycles. The molecule has 1 aromatic rings. The van der Waals surface area contributed by atoms with Gasteiger partial charge in [0.05, 0.1) is 12.3 Å². The molecule has 0 amide bonds. The van der Waals surface area contributed by atoms with Crippen molar-refractivity contribution in [2.24, 2.45) is 7.05 Å². The highest BCUT2D eigenvalue weighted by molar-refractivity contribution is 5.26. The molecule has 1 unspecified atom stereocenters. The van der Waals surface area contributed by atoms with Gasteiger partial charge in [-0.05, 0) is 19.8 Å². The van der Waals surface area contributed by atoms with Crippen molar-refractivity contribution in [3.8, 4) is 0 Å². The summed E-state index contributed by atoms with van der Waals surface area (Å²) in [5.41, 5.74) is 4.06. The minimum atomic E-state index is 0.259. The van der Waals surface area contributed by atoms with Crippen molar-refractivity contribution in [3.63, 3.8) is 0 Å². The second kappa shape index (κ2) is 7.38. The first kappa shape index (κ1) is 16.5. The fourth-order valence-corrected chi connectivity index (χ4v) is 3.43. The highest BCUT2D eigenvalue weighted by Gasteiger charge is 2.25. The van der Waals surface area contributed by atoms with Gasteiger partial charge in [-0.2, -0.15) is 5.10 Å². The van der Waals surface area contributed by atoms with Crippen LogP contribution in [0.2, 0.25) is 0 Å². The predicted molar refractivity (Wildman–Crippen MR) is 85.4 cm³/mol. The highest BCUT2D eigenvalue weighted by atomic mass is 16.3. The van der Waals surface area contributed by atoms with E-state index in [0.29, 0.717) is 6.04 Å². The van der Waals surface area contributed by atoms with E-state index in [-0.39, 0.29) is 6.61 Å². The minimum absolute atomic E-state index is 0.259. The number of aliphatic hydroxyl groups excluding tert-OH is 1. The topological polar surface area (TPSA) is 44.5 Å². The molecule has 2 heterocycles. The lowest BCUT2D eigenvalue weighted by molar-refractivity contribution is 0.0661. The van der Waals surface area contributed by atoms with Gasteiger partial charge in [-0.25, -0.2) is 0 Å². The molecular formula is C16H30N4O. The molecule has 21 heavy (non-hydrogen) atoms. The van der Waals surface area contributed by atoms with Crippen LogP contribution < -0.4 is 0 Å². The molecule has 0 aromatic carbocycles. The van der Waals surface area contributed by atoms with Crippen molar-refractivity contribution in [2.45, 2.75) is 46.2 Å². The summed E-state index contributed by atoms with van der Waals surface area (Å²) in [7, 11) is 2.06.